The fourth-order valence-electron chi connectivity index (χ4n) is 2.23. The third-order valence-electron chi connectivity index (χ3n) is 2.83. The van der Waals surface area contributed by atoms with Crippen molar-refractivity contribution in [3.63, 3.8) is 0 Å². The third-order valence-corrected chi connectivity index (χ3v) is 3.82. The van der Waals surface area contributed by atoms with Gasteiger partial charge in [0.25, 0.3) is 0 Å². The van der Waals surface area contributed by atoms with Crippen LogP contribution < -0.4 is 0 Å². The Bertz CT molecular complexity index is 253. The van der Waals surface area contributed by atoms with Crippen molar-refractivity contribution in [2.45, 2.75) is 44.6 Å². The molecule has 1 aliphatic rings. The number of rotatable bonds is 4. The Labute approximate surface area is 86.4 Å². The van der Waals surface area contributed by atoms with Gasteiger partial charge in [-0.3, -0.25) is 0 Å². The van der Waals surface area contributed by atoms with Crippen molar-refractivity contribution in [2.75, 3.05) is 12.0 Å². The first-order valence-electron chi connectivity index (χ1n) is 5.33. The molecule has 1 aliphatic carbocycles. The standard InChI is InChI=1S/C10H20O3S/c1-14(12,13)8-10(11)7-9-5-3-2-4-6-9/h9-11H,2-8H2,1H3. The van der Waals surface area contributed by atoms with E-state index in [1.54, 1.807) is 0 Å². The molecule has 0 bridgehead atoms. The summed E-state index contributed by atoms with van der Waals surface area (Å²) in [7, 11) is -3.02. The molecule has 0 radical (unpaired) electrons. The lowest BCUT2D eigenvalue weighted by molar-refractivity contribution is 0.149. The molecule has 1 N–H and O–H groups in total. The van der Waals surface area contributed by atoms with Crippen LogP contribution in [0, 0.1) is 5.92 Å². The lowest BCUT2D eigenvalue weighted by Crippen LogP contribution is -2.23. The van der Waals surface area contributed by atoms with Gasteiger partial charge in [0, 0.05) is 6.26 Å². The van der Waals surface area contributed by atoms with E-state index >= 15 is 0 Å². The summed E-state index contributed by atoms with van der Waals surface area (Å²) < 4.78 is 21.8. The molecule has 0 aromatic heterocycles. The highest BCUT2D eigenvalue weighted by atomic mass is 32.2. The molecule has 14 heavy (non-hydrogen) atoms. The normalized spacial score (nSPS) is 22.1. The monoisotopic (exact) mass is 220 g/mol. The highest BCUT2D eigenvalue weighted by molar-refractivity contribution is 7.90. The van der Waals surface area contributed by atoms with Crippen LogP contribution >= 0.6 is 0 Å². The molecule has 1 rings (SSSR count). The van der Waals surface area contributed by atoms with Crippen LogP contribution in [-0.2, 0) is 9.84 Å². The van der Waals surface area contributed by atoms with Crippen LogP contribution in [0.25, 0.3) is 0 Å². The first kappa shape index (κ1) is 12.0. The number of hydrogen-bond acceptors (Lipinski definition) is 3. The third kappa shape index (κ3) is 4.96. The number of sulfone groups is 1. The second-order valence-electron chi connectivity index (χ2n) is 4.49. The van der Waals surface area contributed by atoms with Gasteiger partial charge >= 0.3 is 0 Å². The van der Waals surface area contributed by atoms with Gasteiger partial charge in [-0.2, -0.15) is 0 Å². The molecule has 0 aromatic rings. The van der Waals surface area contributed by atoms with E-state index in [4.69, 9.17) is 0 Å². The average Bonchev–Trinajstić information content (AvgIpc) is 2.02. The average molecular weight is 220 g/mol. The molecular weight excluding hydrogens is 200 g/mol. The Morgan fingerprint density at radius 3 is 2.36 bits per heavy atom. The van der Waals surface area contributed by atoms with E-state index in [9.17, 15) is 13.5 Å². The van der Waals surface area contributed by atoms with Crippen LogP contribution in [0.1, 0.15) is 38.5 Å². The van der Waals surface area contributed by atoms with Crippen molar-refractivity contribution in [2.24, 2.45) is 5.92 Å². The number of aliphatic hydroxyl groups excluding tert-OH is 1. The van der Waals surface area contributed by atoms with Gasteiger partial charge < -0.3 is 5.11 Å². The maximum absolute atomic E-state index is 10.9. The Morgan fingerprint density at radius 2 is 1.86 bits per heavy atom. The Kier molecular flexibility index (Phi) is 4.38. The van der Waals surface area contributed by atoms with Crippen LogP contribution in [0.5, 0.6) is 0 Å². The zero-order chi connectivity index (χ0) is 10.6. The van der Waals surface area contributed by atoms with Crippen molar-refractivity contribution in [3.05, 3.63) is 0 Å². The number of hydrogen-bond donors (Lipinski definition) is 1. The van der Waals surface area contributed by atoms with E-state index in [1.807, 2.05) is 0 Å². The summed E-state index contributed by atoms with van der Waals surface area (Å²) >= 11 is 0. The molecule has 1 atom stereocenters. The Morgan fingerprint density at radius 1 is 1.29 bits per heavy atom. The maximum Gasteiger partial charge on any atom is 0.149 e. The summed E-state index contributed by atoms with van der Waals surface area (Å²) in [6, 6.07) is 0. The molecule has 0 aromatic carbocycles. The van der Waals surface area contributed by atoms with Gasteiger partial charge in [-0.05, 0) is 12.3 Å². The predicted octanol–water partition coefficient (Wildman–Crippen LogP) is 1.36. The van der Waals surface area contributed by atoms with E-state index in [0.29, 0.717) is 12.3 Å². The summed E-state index contributed by atoms with van der Waals surface area (Å²) in [5.41, 5.74) is 0. The predicted molar refractivity (Wildman–Crippen MR) is 56.9 cm³/mol. The summed E-state index contributed by atoms with van der Waals surface area (Å²) in [4.78, 5) is 0. The topological polar surface area (TPSA) is 54.4 Å². The zero-order valence-electron chi connectivity index (χ0n) is 8.78. The molecule has 0 spiro atoms. The first-order valence-corrected chi connectivity index (χ1v) is 7.39. The van der Waals surface area contributed by atoms with Gasteiger partial charge in [-0.1, -0.05) is 32.1 Å². The lowest BCUT2D eigenvalue weighted by Gasteiger charge is -2.23. The quantitative estimate of drug-likeness (QED) is 0.778. The van der Waals surface area contributed by atoms with Crippen molar-refractivity contribution >= 4 is 9.84 Å². The highest BCUT2D eigenvalue weighted by Gasteiger charge is 2.19. The van der Waals surface area contributed by atoms with E-state index in [0.717, 1.165) is 12.8 Å². The van der Waals surface area contributed by atoms with Crippen molar-refractivity contribution in [1.29, 1.82) is 0 Å². The van der Waals surface area contributed by atoms with E-state index in [-0.39, 0.29) is 5.75 Å². The molecule has 1 fully saturated rings. The molecular formula is C10H20O3S. The first-order chi connectivity index (χ1) is 6.47. The zero-order valence-corrected chi connectivity index (χ0v) is 9.59. The van der Waals surface area contributed by atoms with Gasteiger partial charge in [-0.15, -0.1) is 0 Å². The molecule has 4 heteroatoms. The van der Waals surface area contributed by atoms with Gasteiger partial charge in [0.2, 0.25) is 0 Å². The molecule has 0 saturated heterocycles. The molecule has 1 unspecified atom stereocenters. The fourth-order valence-corrected chi connectivity index (χ4v) is 3.06. The molecule has 0 aliphatic heterocycles. The van der Waals surface area contributed by atoms with Gasteiger partial charge in [-0.25, -0.2) is 8.42 Å². The Balaban J connectivity index is 2.28. The van der Waals surface area contributed by atoms with E-state index in [1.165, 1.54) is 25.5 Å². The van der Waals surface area contributed by atoms with Crippen molar-refractivity contribution in [1.82, 2.24) is 0 Å². The summed E-state index contributed by atoms with van der Waals surface area (Å²) in [6.07, 6.45) is 7.24. The van der Waals surface area contributed by atoms with Crippen molar-refractivity contribution < 1.29 is 13.5 Å². The summed E-state index contributed by atoms with van der Waals surface area (Å²) in [6.45, 7) is 0. The summed E-state index contributed by atoms with van der Waals surface area (Å²) in [5.74, 6) is 0.462. The minimum atomic E-state index is -3.02. The second-order valence-corrected chi connectivity index (χ2v) is 6.67. The maximum atomic E-state index is 10.9. The SMILES string of the molecule is CS(=O)(=O)CC(O)CC1CCCCC1. The minimum Gasteiger partial charge on any atom is -0.392 e. The number of aliphatic hydroxyl groups is 1. The van der Waals surface area contributed by atoms with Crippen molar-refractivity contribution in [3.8, 4) is 0 Å². The van der Waals surface area contributed by atoms with Crippen LogP contribution in [0.3, 0.4) is 0 Å². The molecule has 0 heterocycles. The highest BCUT2D eigenvalue weighted by Crippen LogP contribution is 2.27. The lowest BCUT2D eigenvalue weighted by atomic mass is 9.86. The fraction of sp³-hybridized carbons (Fsp3) is 1.00. The molecule has 3 nitrogen and oxygen atoms in total. The molecule has 84 valence electrons. The van der Waals surface area contributed by atoms with Gasteiger partial charge in [0.05, 0.1) is 11.9 Å². The van der Waals surface area contributed by atoms with Crippen LogP contribution in [0.4, 0.5) is 0 Å². The molecule has 1 saturated carbocycles. The largest absolute Gasteiger partial charge is 0.392 e. The minimum absolute atomic E-state index is 0.0799. The summed E-state index contributed by atoms with van der Waals surface area (Å²) in [5, 5.41) is 9.56. The van der Waals surface area contributed by atoms with Crippen LogP contribution in [0.15, 0.2) is 0 Å². The van der Waals surface area contributed by atoms with Gasteiger partial charge in [0.1, 0.15) is 9.84 Å². The molecule has 0 amide bonds. The van der Waals surface area contributed by atoms with E-state index < -0.39 is 15.9 Å². The van der Waals surface area contributed by atoms with Crippen LogP contribution in [-0.4, -0.2) is 31.6 Å². The van der Waals surface area contributed by atoms with Gasteiger partial charge in [0.15, 0.2) is 0 Å². The smallest absolute Gasteiger partial charge is 0.149 e. The second kappa shape index (κ2) is 5.12. The van der Waals surface area contributed by atoms with E-state index in [2.05, 4.69) is 0 Å². The Hall–Kier alpha value is -0.0900. The van der Waals surface area contributed by atoms with Crippen LogP contribution in [0.2, 0.25) is 0 Å².